The molecule has 0 heterocycles. The lowest BCUT2D eigenvalue weighted by Crippen LogP contribution is -2.06. The van der Waals surface area contributed by atoms with Crippen LogP contribution in [-0.4, -0.2) is 7.05 Å². The van der Waals surface area contributed by atoms with Gasteiger partial charge in [-0.15, -0.1) is 0 Å². The van der Waals surface area contributed by atoms with Crippen LogP contribution in [0.25, 0.3) is 11.8 Å². The zero-order valence-corrected chi connectivity index (χ0v) is 10.1. The fourth-order valence-corrected chi connectivity index (χ4v) is 1.75. The van der Waals surface area contributed by atoms with Crippen molar-refractivity contribution in [3.63, 3.8) is 0 Å². The monoisotopic (exact) mass is 201 g/mol. The van der Waals surface area contributed by atoms with Crippen LogP contribution < -0.4 is 5.32 Å². The number of hydrogen-bond donors (Lipinski definition) is 1. The summed E-state index contributed by atoms with van der Waals surface area (Å²) >= 11 is 0. The maximum atomic E-state index is 4.01. The van der Waals surface area contributed by atoms with Gasteiger partial charge in [-0.05, 0) is 49.1 Å². The third kappa shape index (κ3) is 1.96. The van der Waals surface area contributed by atoms with Gasteiger partial charge in [0, 0.05) is 18.3 Å². The molecule has 0 bridgehead atoms. The second-order valence-corrected chi connectivity index (χ2v) is 3.84. The van der Waals surface area contributed by atoms with Crippen molar-refractivity contribution in [1.29, 1.82) is 0 Å². The van der Waals surface area contributed by atoms with E-state index in [0.29, 0.717) is 0 Å². The average molecular weight is 201 g/mol. The van der Waals surface area contributed by atoms with Gasteiger partial charge < -0.3 is 5.32 Å². The first-order chi connectivity index (χ1) is 7.02. The van der Waals surface area contributed by atoms with Gasteiger partial charge in [0.15, 0.2) is 0 Å². The molecule has 0 radical (unpaired) electrons. The van der Waals surface area contributed by atoms with Crippen molar-refractivity contribution in [2.45, 2.75) is 20.8 Å². The molecule has 0 saturated carbocycles. The third-order valence-corrected chi connectivity index (χ3v) is 3.04. The molecule has 1 aromatic rings. The molecule has 1 aromatic carbocycles. The van der Waals surface area contributed by atoms with Crippen LogP contribution in [0.4, 0.5) is 0 Å². The number of hydrogen-bond acceptors (Lipinski definition) is 1. The van der Waals surface area contributed by atoms with E-state index in [1.807, 2.05) is 13.1 Å². The minimum atomic E-state index is 0.941. The highest BCUT2D eigenvalue weighted by Gasteiger charge is 2.09. The van der Waals surface area contributed by atoms with E-state index >= 15 is 0 Å². The molecule has 0 amide bonds. The van der Waals surface area contributed by atoms with Crippen molar-refractivity contribution in [2.75, 3.05) is 7.05 Å². The highest BCUT2D eigenvalue weighted by molar-refractivity contribution is 5.74. The summed E-state index contributed by atoms with van der Waals surface area (Å²) in [7, 11) is 1.89. The summed E-state index contributed by atoms with van der Waals surface area (Å²) in [6.45, 7) is 14.3. The molecule has 0 spiro atoms. The van der Waals surface area contributed by atoms with Crippen molar-refractivity contribution < 1.29 is 0 Å². The number of aryl methyl sites for hydroxylation is 1. The molecule has 0 aliphatic rings. The molecule has 15 heavy (non-hydrogen) atoms. The molecule has 1 nitrogen and oxygen atoms in total. The quantitative estimate of drug-likeness (QED) is 0.790. The number of nitrogens with one attached hydrogen (secondary N) is 1. The van der Waals surface area contributed by atoms with Crippen LogP contribution in [0.1, 0.15) is 27.8 Å². The minimum absolute atomic E-state index is 0.941. The molecule has 0 fully saturated rings. The maximum absolute atomic E-state index is 4.01. The van der Waals surface area contributed by atoms with Crippen molar-refractivity contribution in [3.05, 3.63) is 47.0 Å². The van der Waals surface area contributed by atoms with E-state index < -0.39 is 0 Å². The second-order valence-electron chi connectivity index (χ2n) is 3.84. The first-order valence-electron chi connectivity index (χ1n) is 5.13. The van der Waals surface area contributed by atoms with Crippen LogP contribution >= 0.6 is 0 Å². The molecule has 0 saturated heterocycles. The summed E-state index contributed by atoms with van der Waals surface area (Å²) in [6.07, 6.45) is 1.90. The highest BCUT2D eigenvalue weighted by Crippen LogP contribution is 2.26. The summed E-state index contributed by atoms with van der Waals surface area (Å²) in [4.78, 5) is 0. The van der Waals surface area contributed by atoms with Crippen LogP contribution in [0.3, 0.4) is 0 Å². The smallest absolute Gasteiger partial charge is 0.0344 e. The maximum Gasteiger partial charge on any atom is 0.0344 e. The van der Waals surface area contributed by atoms with Gasteiger partial charge in [0.2, 0.25) is 0 Å². The van der Waals surface area contributed by atoms with Crippen LogP contribution in [0.15, 0.2) is 19.2 Å². The predicted molar refractivity (Wildman–Crippen MR) is 68.8 cm³/mol. The third-order valence-electron chi connectivity index (χ3n) is 3.04. The van der Waals surface area contributed by atoms with Gasteiger partial charge in [0.05, 0.1) is 0 Å². The van der Waals surface area contributed by atoms with E-state index in [1.165, 1.54) is 22.3 Å². The van der Waals surface area contributed by atoms with E-state index in [2.05, 4.69) is 45.3 Å². The fraction of sp³-hybridized carbons (Fsp3) is 0.286. The summed E-state index contributed by atoms with van der Waals surface area (Å²) in [5, 5.41) is 3.09. The molecule has 80 valence electrons. The number of benzene rings is 1. The SMILES string of the molecule is C=Cc1c(C(=C)NC)cc(C)c(C)c1C. The summed E-state index contributed by atoms with van der Waals surface area (Å²) in [5.74, 6) is 0. The van der Waals surface area contributed by atoms with Crippen molar-refractivity contribution >= 4 is 11.8 Å². The Morgan fingerprint density at radius 1 is 1.27 bits per heavy atom. The Morgan fingerprint density at radius 3 is 2.33 bits per heavy atom. The molecule has 1 rings (SSSR count). The van der Waals surface area contributed by atoms with Crippen LogP contribution in [0.2, 0.25) is 0 Å². The summed E-state index contributed by atoms with van der Waals surface area (Å²) in [6, 6.07) is 2.16. The standard InChI is InChI=1S/C14H19N/c1-7-13-11(4)10(3)9(2)8-14(13)12(5)15-6/h7-8,15H,1,5H2,2-4,6H3. The topological polar surface area (TPSA) is 12.0 Å². The Balaban J connectivity index is 3.52. The molecule has 1 N–H and O–H groups in total. The average Bonchev–Trinajstić information content (AvgIpc) is 2.24. The lowest BCUT2D eigenvalue weighted by atomic mass is 9.92. The van der Waals surface area contributed by atoms with Crippen molar-refractivity contribution in [2.24, 2.45) is 0 Å². The Bertz CT molecular complexity index is 414. The van der Waals surface area contributed by atoms with Gasteiger partial charge in [-0.3, -0.25) is 0 Å². The lowest BCUT2D eigenvalue weighted by Gasteiger charge is -2.16. The lowest BCUT2D eigenvalue weighted by molar-refractivity contribution is 1.12. The normalized spacial score (nSPS) is 9.87. The molecule has 0 atom stereocenters. The van der Waals surface area contributed by atoms with Crippen LogP contribution in [0.5, 0.6) is 0 Å². The summed E-state index contributed by atoms with van der Waals surface area (Å²) < 4.78 is 0. The fourth-order valence-electron chi connectivity index (χ4n) is 1.75. The molecular formula is C14H19N. The zero-order chi connectivity index (χ0) is 11.6. The highest BCUT2D eigenvalue weighted by atomic mass is 14.8. The van der Waals surface area contributed by atoms with Crippen LogP contribution in [0, 0.1) is 20.8 Å². The van der Waals surface area contributed by atoms with Gasteiger partial charge in [0.25, 0.3) is 0 Å². The summed E-state index contributed by atoms with van der Waals surface area (Å²) in [5.41, 5.74) is 7.18. The van der Waals surface area contributed by atoms with Gasteiger partial charge in [-0.1, -0.05) is 19.2 Å². The van der Waals surface area contributed by atoms with Gasteiger partial charge >= 0.3 is 0 Å². The van der Waals surface area contributed by atoms with E-state index in [-0.39, 0.29) is 0 Å². The van der Waals surface area contributed by atoms with Gasteiger partial charge in [0.1, 0.15) is 0 Å². The Morgan fingerprint density at radius 2 is 1.87 bits per heavy atom. The molecule has 0 aliphatic carbocycles. The Labute approximate surface area is 92.5 Å². The first-order valence-corrected chi connectivity index (χ1v) is 5.13. The van der Waals surface area contributed by atoms with Gasteiger partial charge in [-0.2, -0.15) is 0 Å². The molecule has 0 aromatic heterocycles. The molecule has 0 aliphatic heterocycles. The predicted octanol–water partition coefficient (Wildman–Crippen LogP) is 3.44. The van der Waals surface area contributed by atoms with Crippen molar-refractivity contribution in [3.8, 4) is 0 Å². The molecule has 0 unspecified atom stereocenters. The minimum Gasteiger partial charge on any atom is -0.388 e. The first kappa shape index (κ1) is 11.6. The molecule has 1 heteroatoms. The van der Waals surface area contributed by atoms with Crippen molar-refractivity contribution in [1.82, 2.24) is 5.32 Å². The Hall–Kier alpha value is -1.50. The second kappa shape index (κ2) is 4.35. The number of rotatable bonds is 3. The molecular weight excluding hydrogens is 182 g/mol. The Kier molecular flexibility index (Phi) is 3.35. The van der Waals surface area contributed by atoms with Gasteiger partial charge in [-0.25, -0.2) is 0 Å². The van der Waals surface area contributed by atoms with E-state index in [0.717, 1.165) is 11.3 Å². The van der Waals surface area contributed by atoms with E-state index in [1.54, 1.807) is 0 Å². The van der Waals surface area contributed by atoms with E-state index in [4.69, 9.17) is 0 Å². The van der Waals surface area contributed by atoms with Crippen LogP contribution in [-0.2, 0) is 0 Å². The zero-order valence-electron chi connectivity index (χ0n) is 10.1. The van der Waals surface area contributed by atoms with E-state index in [9.17, 15) is 0 Å². The largest absolute Gasteiger partial charge is 0.388 e.